The van der Waals surface area contributed by atoms with Crippen LogP contribution in [0.25, 0.3) is 88.0 Å². The molecule has 0 bridgehead atoms. The number of ether oxygens (including phenoxy) is 1. The maximum atomic E-state index is 6.59. The van der Waals surface area contributed by atoms with Crippen molar-refractivity contribution in [1.82, 2.24) is 0 Å². The number of rotatable bonds is 4. The summed E-state index contributed by atoms with van der Waals surface area (Å²) in [6.45, 7) is 0. The van der Waals surface area contributed by atoms with Gasteiger partial charge >= 0.3 is 0 Å². The number of para-hydroxylation sites is 1. The Morgan fingerprint density at radius 2 is 1.00 bits per heavy atom. The van der Waals surface area contributed by atoms with Gasteiger partial charge in [-0.15, -0.1) is 0 Å². The fourth-order valence-electron chi connectivity index (χ4n) is 10.3. The molecule has 0 N–H and O–H groups in total. The highest BCUT2D eigenvalue weighted by Gasteiger charge is 2.47. The Morgan fingerprint density at radius 3 is 1.81 bits per heavy atom. The third kappa shape index (κ3) is 4.57. The molecule has 13 rings (SSSR count). The summed E-state index contributed by atoms with van der Waals surface area (Å²) in [6, 6.07) is 75.4. The van der Waals surface area contributed by atoms with Gasteiger partial charge in [0.05, 0.1) is 5.41 Å². The lowest BCUT2D eigenvalue weighted by Gasteiger charge is -2.34. The van der Waals surface area contributed by atoms with Crippen molar-refractivity contribution in [3.8, 4) is 56.0 Å². The first kappa shape index (κ1) is 32.4. The minimum atomic E-state index is -0.604. The Labute approximate surface area is 341 Å². The molecule has 11 aromatic rings. The van der Waals surface area contributed by atoms with Gasteiger partial charge in [-0.25, -0.2) is 0 Å². The van der Waals surface area contributed by atoms with Crippen LogP contribution in [-0.2, 0) is 5.41 Å². The summed E-state index contributed by atoms with van der Waals surface area (Å²) in [5, 5.41) is 7.03. The number of furan rings is 1. The zero-order chi connectivity index (χ0) is 38.7. The number of hydrogen-bond acceptors (Lipinski definition) is 2. The molecule has 2 nitrogen and oxygen atoms in total. The van der Waals surface area contributed by atoms with E-state index in [9.17, 15) is 0 Å². The van der Waals surface area contributed by atoms with Gasteiger partial charge in [0.15, 0.2) is 0 Å². The average molecular weight is 751 g/mol. The molecular formula is C57H34O2. The molecule has 1 aliphatic carbocycles. The largest absolute Gasteiger partial charge is 0.456 e. The molecule has 0 unspecified atom stereocenters. The van der Waals surface area contributed by atoms with Gasteiger partial charge in [-0.2, -0.15) is 0 Å². The molecular weight excluding hydrogens is 717 g/mol. The molecule has 10 aromatic carbocycles. The quantitative estimate of drug-likeness (QED) is 0.179. The fraction of sp³-hybridized carbons (Fsp3) is 0.0175. The van der Waals surface area contributed by atoms with E-state index in [1.807, 2.05) is 6.07 Å². The van der Waals surface area contributed by atoms with Crippen LogP contribution in [-0.4, -0.2) is 0 Å². The van der Waals surface area contributed by atoms with Gasteiger partial charge in [0.2, 0.25) is 0 Å². The molecule has 274 valence electrons. The predicted octanol–water partition coefficient (Wildman–Crippen LogP) is 15.4. The van der Waals surface area contributed by atoms with E-state index >= 15 is 0 Å². The van der Waals surface area contributed by atoms with E-state index in [2.05, 4.69) is 200 Å². The molecule has 0 amide bonds. The first-order chi connectivity index (χ1) is 29.2. The molecule has 2 heterocycles. The summed E-state index contributed by atoms with van der Waals surface area (Å²) < 4.78 is 13.2. The van der Waals surface area contributed by atoms with E-state index in [0.29, 0.717) is 0 Å². The molecule has 2 aliphatic rings. The third-order valence-electron chi connectivity index (χ3n) is 12.9. The Bertz CT molecular complexity index is 3480. The normalized spacial score (nSPS) is 13.4. The standard InChI is InChI=1S/C57H34O2/c1-3-17-41(18-4-1)57(42-19-5-2-6-20-42)49-32-37-14-8-7-13-36(37)30-48(49)56-46(39-25-27-44-43-21-9-10-23-51(43)59-54(44)34-39)31-40(33-50(56)57)38-26-28-52-47(29-38)45-22-11-15-35-16-12-24-53(58-52)55(35)45/h1-34H. The molecule has 0 spiro atoms. The SMILES string of the molecule is c1ccc(C2(c3ccccc3)c3cc4ccccc4cc3-c3c(-c4ccc5c(c4)oc4ccccc45)cc(-c4ccc5c(c4)-c4cccc6cccc(c46)O5)cc32)cc1. The highest BCUT2D eigenvalue weighted by Crippen LogP contribution is 2.60. The summed E-state index contributed by atoms with van der Waals surface area (Å²) in [7, 11) is 0. The highest BCUT2D eigenvalue weighted by molar-refractivity contribution is 6.08. The monoisotopic (exact) mass is 750 g/mol. The minimum absolute atomic E-state index is 0.604. The van der Waals surface area contributed by atoms with Gasteiger partial charge < -0.3 is 9.15 Å². The smallest absolute Gasteiger partial charge is 0.136 e. The second kappa shape index (κ2) is 12.2. The molecule has 1 aliphatic heterocycles. The molecule has 0 saturated carbocycles. The van der Waals surface area contributed by atoms with Crippen LogP contribution in [0.1, 0.15) is 22.3 Å². The first-order valence-electron chi connectivity index (χ1n) is 20.3. The van der Waals surface area contributed by atoms with Gasteiger partial charge in [-0.3, -0.25) is 0 Å². The van der Waals surface area contributed by atoms with Gasteiger partial charge in [0, 0.05) is 21.7 Å². The van der Waals surface area contributed by atoms with Crippen LogP contribution in [0.5, 0.6) is 11.5 Å². The third-order valence-corrected chi connectivity index (χ3v) is 12.9. The van der Waals surface area contributed by atoms with Gasteiger partial charge in [-0.05, 0) is 138 Å². The van der Waals surface area contributed by atoms with E-state index in [1.54, 1.807) is 0 Å². The van der Waals surface area contributed by atoms with Crippen molar-refractivity contribution in [2.75, 3.05) is 0 Å². The van der Waals surface area contributed by atoms with Crippen LogP contribution in [0.15, 0.2) is 211 Å². The van der Waals surface area contributed by atoms with Crippen molar-refractivity contribution in [2.24, 2.45) is 0 Å². The second-order valence-corrected chi connectivity index (χ2v) is 16.0. The molecule has 0 radical (unpaired) electrons. The van der Waals surface area contributed by atoms with Gasteiger partial charge in [0.1, 0.15) is 22.7 Å². The first-order valence-corrected chi connectivity index (χ1v) is 20.3. The Morgan fingerprint density at radius 1 is 0.339 bits per heavy atom. The zero-order valence-corrected chi connectivity index (χ0v) is 31.9. The zero-order valence-electron chi connectivity index (χ0n) is 31.9. The molecule has 2 heteroatoms. The Balaban J connectivity index is 1.16. The number of fused-ring (bicyclic) bond motifs is 9. The maximum Gasteiger partial charge on any atom is 0.136 e. The van der Waals surface area contributed by atoms with Crippen LogP contribution < -0.4 is 4.74 Å². The summed E-state index contributed by atoms with van der Waals surface area (Å²) in [6.07, 6.45) is 0. The second-order valence-electron chi connectivity index (χ2n) is 16.0. The van der Waals surface area contributed by atoms with Crippen molar-refractivity contribution in [2.45, 2.75) is 5.41 Å². The molecule has 59 heavy (non-hydrogen) atoms. The lowest BCUT2D eigenvalue weighted by molar-refractivity contribution is 0.487. The summed E-state index contributed by atoms with van der Waals surface area (Å²) in [4.78, 5) is 0. The Hall–Kier alpha value is -7.68. The summed E-state index contributed by atoms with van der Waals surface area (Å²) in [5.74, 6) is 1.78. The molecule has 0 fully saturated rings. The van der Waals surface area contributed by atoms with E-state index in [4.69, 9.17) is 9.15 Å². The van der Waals surface area contributed by atoms with E-state index in [0.717, 1.165) is 61.1 Å². The van der Waals surface area contributed by atoms with Gasteiger partial charge in [-0.1, -0.05) is 146 Å². The van der Waals surface area contributed by atoms with E-state index < -0.39 is 5.41 Å². The van der Waals surface area contributed by atoms with Crippen LogP contribution in [0.4, 0.5) is 0 Å². The lowest BCUT2D eigenvalue weighted by atomic mass is 9.67. The Kier molecular flexibility index (Phi) is 6.68. The van der Waals surface area contributed by atoms with Crippen LogP contribution in [0.3, 0.4) is 0 Å². The summed E-state index contributed by atoms with van der Waals surface area (Å²) in [5.41, 5.74) is 15.6. The number of benzene rings is 10. The average Bonchev–Trinajstić information content (AvgIpc) is 3.81. The van der Waals surface area contributed by atoms with Crippen molar-refractivity contribution in [1.29, 1.82) is 0 Å². The number of hydrogen-bond donors (Lipinski definition) is 0. The van der Waals surface area contributed by atoms with E-state index in [-0.39, 0.29) is 0 Å². The predicted molar refractivity (Wildman–Crippen MR) is 242 cm³/mol. The lowest BCUT2D eigenvalue weighted by Crippen LogP contribution is -2.28. The fourth-order valence-corrected chi connectivity index (χ4v) is 10.3. The highest BCUT2D eigenvalue weighted by atomic mass is 16.5. The van der Waals surface area contributed by atoms with Crippen molar-refractivity contribution in [3.63, 3.8) is 0 Å². The topological polar surface area (TPSA) is 22.4 Å². The molecule has 1 aromatic heterocycles. The molecule has 0 saturated heterocycles. The van der Waals surface area contributed by atoms with Crippen LogP contribution >= 0.6 is 0 Å². The molecule has 0 atom stereocenters. The van der Waals surface area contributed by atoms with Crippen molar-refractivity contribution < 1.29 is 9.15 Å². The van der Waals surface area contributed by atoms with Crippen molar-refractivity contribution >= 4 is 43.5 Å². The van der Waals surface area contributed by atoms with E-state index in [1.165, 1.54) is 60.7 Å². The maximum absolute atomic E-state index is 6.59. The van der Waals surface area contributed by atoms with Crippen LogP contribution in [0, 0.1) is 0 Å². The summed E-state index contributed by atoms with van der Waals surface area (Å²) >= 11 is 0. The van der Waals surface area contributed by atoms with Gasteiger partial charge in [0.25, 0.3) is 0 Å². The minimum Gasteiger partial charge on any atom is -0.456 e. The van der Waals surface area contributed by atoms with Crippen molar-refractivity contribution in [3.05, 3.63) is 229 Å². The van der Waals surface area contributed by atoms with Crippen LogP contribution in [0.2, 0.25) is 0 Å².